The van der Waals surface area contributed by atoms with Crippen molar-refractivity contribution in [3.8, 4) is 0 Å². The summed E-state index contributed by atoms with van der Waals surface area (Å²) in [6, 6.07) is 9.96. The molecule has 0 spiro atoms. The molecule has 1 amide bonds. The number of fused-ring (bicyclic) bond motifs is 1. The van der Waals surface area contributed by atoms with Gasteiger partial charge in [0.1, 0.15) is 17.0 Å². The second-order valence-corrected chi connectivity index (χ2v) is 7.41. The molecule has 1 aromatic carbocycles. The predicted octanol–water partition coefficient (Wildman–Crippen LogP) is 2.76. The van der Waals surface area contributed by atoms with E-state index in [9.17, 15) is 4.79 Å². The molecular formula is C19H21N5OS. The van der Waals surface area contributed by atoms with E-state index < -0.39 is 0 Å². The van der Waals surface area contributed by atoms with Crippen LogP contribution in [0.1, 0.15) is 5.56 Å². The number of aromatic nitrogens is 2. The molecule has 1 fully saturated rings. The van der Waals surface area contributed by atoms with Crippen LogP contribution in [0.15, 0.2) is 42.0 Å². The number of amides is 1. The second-order valence-electron chi connectivity index (χ2n) is 6.52. The minimum absolute atomic E-state index is 0.0336. The summed E-state index contributed by atoms with van der Waals surface area (Å²) >= 11 is 1.64. The Hall–Kier alpha value is -2.51. The normalized spacial score (nSPS) is 15.3. The fraction of sp³-hybridized carbons (Fsp3) is 0.316. The maximum absolute atomic E-state index is 12.3. The van der Waals surface area contributed by atoms with Crippen molar-refractivity contribution in [3.05, 3.63) is 47.6 Å². The highest BCUT2D eigenvalue weighted by molar-refractivity contribution is 7.16. The van der Waals surface area contributed by atoms with Crippen LogP contribution < -0.4 is 10.2 Å². The van der Waals surface area contributed by atoms with E-state index in [0.29, 0.717) is 6.54 Å². The van der Waals surface area contributed by atoms with Gasteiger partial charge in [-0.3, -0.25) is 9.69 Å². The monoisotopic (exact) mass is 367 g/mol. The predicted molar refractivity (Wildman–Crippen MR) is 106 cm³/mol. The number of nitrogens with zero attached hydrogens (tertiary/aromatic N) is 4. The number of carbonyl (C=O) groups excluding carboxylic acids is 1. The average Bonchev–Trinajstić information content (AvgIpc) is 3.11. The molecule has 0 aliphatic carbocycles. The Morgan fingerprint density at radius 3 is 2.85 bits per heavy atom. The summed E-state index contributed by atoms with van der Waals surface area (Å²) in [5, 5.41) is 6.14. The lowest BCUT2D eigenvalue weighted by atomic mass is 10.2. The van der Waals surface area contributed by atoms with E-state index in [1.807, 2.05) is 31.2 Å². The number of hydrogen-bond donors (Lipinski definition) is 1. The van der Waals surface area contributed by atoms with Crippen molar-refractivity contribution in [1.82, 2.24) is 14.9 Å². The van der Waals surface area contributed by atoms with Crippen molar-refractivity contribution < 1.29 is 4.79 Å². The van der Waals surface area contributed by atoms with Crippen LogP contribution in [0.25, 0.3) is 10.2 Å². The lowest BCUT2D eigenvalue weighted by molar-refractivity contribution is -0.117. The van der Waals surface area contributed by atoms with Gasteiger partial charge in [0.25, 0.3) is 0 Å². The molecule has 0 atom stereocenters. The molecule has 3 heterocycles. The number of benzene rings is 1. The molecule has 0 unspecified atom stereocenters. The fourth-order valence-corrected chi connectivity index (χ4v) is 4.00. The summed E-state index contributed by atoms with van der Waals surface area (Å²) in [6.45, 7) is 5.85. The molecule has 26 heavy (non-hydrogen) atoms. The lowest BCUT2D eigenvalue weighted by Crippen LogP contribution is -2.49. The number of thiophene rings is 1. The molecule has 1 N–H and O–H groups in total. The molecule has 1 saturated heterocycles. The second kappa shape index (κ2) is 7.39. The van der Waals surface area contributed by atoms with Gasteiger partial charge in [-0.25, -0.2) is 9.97 Å². The Labute approximate surface area is 156 Å². The smallest absolute Gasteiger partial charge is 0.238 e. The summed E-state index contributed by atoms with van der Waals surface area (Å²) in [5.41, 5.74) is 2.00. The minimum Gasteiger partial charge on any atom is -0.353 e. The Bertz CT molecular complexity index is 917. The number of hydrogen-bond acceptors (Lipinski definition) is 6. The molecule has 2 aromatic heterocycles. The summed E-state index contributed by atoms with van der Waals surface area (Å²) in [7, 11) is 0. The topological polar surface area (TPSA) is 61.4 Å². The lowest BCUT2D eigenvalue weighted by Gasteiger charge is -2.35. The zero-order valence-electron chi connectivity index (χ0n) is 14.7. The van der Waals surface area contributed by atoms with E-state index in [0.717, 1.165) is 53.5 Å². The molecule has 134 valence electrons. The minimum atomic E-state index is 0.0336. The number of anilines is 2. The Morgan fingerprint density at radius 2 is 2.04 bits per heavy atom. The number of piperazine rings is 1. The van der Waals surface area contributed by atoms with Gasteiger partial charge in [0.2, 0.25) is 5.91 Å². The molecule has 4 rings (SSSR count). The molecule has 6 nitrogen and oxygen atoms in total. The first kappa shape index (κ1) is 16.9. The van der Waals surface area contributed by atoms with Gasteiger partial charge in [0.15, 0.2) is 0 Å². The van der Waals surface area contributed by atoms with E-state index in [1.165, 1.54) is 0 Å². The first-order valence-corrected chi connectivity index (χ1v) is 9.59. The maximum atomic E-state index is 12.3. The van der Waals surface area contributed by atoms with Gasteiger partial charge in [0.05, 0.1) is 11.9 Å². The van der Waals surface area contributed by atoms with Gasteiger partial charge in [-0.2, -0.15) is 0 Å². The van der Waals surface area contributed by atoms with E-state index in [2.05, 4.69) is 36.5 Å². The highest BCUT2D eigenvalue weighted by Gasteiger charge is 2.21. The van der Waals surface area contributed by atoms with Crippen molar-refractivity contribution in [3.63, 3.8) is 0 Å². The van der Waals surface area contributed by atoms with E-state index in [1.54, 1.807) is 17.7 Å². The van der Waals surface area contributed by atoms with Crippen LogP contribution >= 0.6 is 11.3 Å². The SMILES string of the molecule is Cc1cccc(NC(=O)CN2CCN(c3ncnc4sccc34)CC2)c1. The molecule has 0 bridgehead atoms. The van der Waals surface area contributed by atoms with Crippen LogP contribution in [-0.2, 0) is 4.79 Å². The van der Waals surface area contributed by atoms with E-state index >= 15 is 0 Å². The molecule has 0 saturated carbocycles. The average molecular weight is 367 g/mol. The molecule has 0 radical (unpaired) electrons. The van der Waals surface area contributed by atoms with Crippen molar-refractivity contribution in [2.45, 2.75) is 6.92 Å². The Balaban J connectivity index is 1.33. The number of carbonyl (C=O) groups is 1. The first-order chi connectivity index (χ1) is 12.7. The van der Waals surface area contributed by atoms with Crippen LogP contribution in [0.5, 0.6) is 0 Å². The summed E-state index contributed by atoms with van der Waals surface area (Å²) in [6.07, 6.45) is 1.63. The van der Waals surface area contributed by atoms with E-state index in [-0.39, 0.29) is 5.91 Å². The Morgan fingerprint density at radius 1 is 1.19 bits per heavy atom. The summed E-state index contributed by atoms with van der Waals surface area (Å²) < 4.78 is 0. The van der Waals surface area contributed by atoms with Gasteiger partial charge in [0, 0.05) is 31.9 Å². The zero-order valence-corrected chi connectivity index (χ0v) is 15.5. The van der Waals surface area contributed by atoms with Gasteiger partial charge in [-0.15, -0.1) is 11.3 Å². The van der Waals surface area contributed by atoms with Crippen LogP contribution in [0.2, 0.25) is 0 Å². The van der Waals surface area contributed by atoms with Crippen LogP contribution in [-0.4, -0.2) is 53.5 Å². The third kappa shape index (κ3) is 3.68. The molecular weight excluding hydrogens is 346 g/mol. The van der Waals surface area contributed by atoms with Gasteiger partial charge < -0.3 is 10.2 Å². The fourth-order valence-electron chi connectivity index (χ4n) is 3.27. The Kier molecular flexibility index (Phi) is 4.81. The number of rotatable bonds is 4. The first-order valence-electron chi connectivity index (χ1n) is 8.71. The molecule has 1 aliphatic heterocycles. The van der Waals surface area contributed by atoms with Crippen LogP contribution in [0.4, 0.5) is 11.5 Å². The van der Waals surface area contributed by atoms with Crippen LogP contribution in [0, 0.1) is 6.92 Å². The maximum Gasteiger partial charge on any atom is 0.238 e. The zero-order chi connectivity index (χ0) is 17.9. The standard InChI is InChI=1S/C19H21N5OS/c1-14-3-2-4-15(11-14)22-17(25)12-23-6-8-24(9-7-23)18-16-5-10-26-19(16)21-13-20-18/h2-5,10-11,13H,6-9,12H2,1H3,(H,22,25). The van der Waals surface area contributed by atoms with Crippen molar-refractivity contribution in [2.24, 2.45) is 0 Å². The van der Waals surface area contributed by atoms with Crippen molar-refractivity contribution in [2.75, 3.05) is 42.9 Å². The number of nitrogens with one attached hydrogen (secondary N) is 1. The van der Waals surface area contributed by atoms with Crippen LogP contribution in [0.3, 0.4) is 0 Å². The van der Waals surface area contributed by atoms with Crippen molar-refractivity contribution in [1.29, 1.82) is 0 Å². The van der Waals surface area contributed by atoms with Gasteiger partial charge >= 0.3 is 0 Å². The quantitative estimate of drug-likeness (QED) is 0.768. The third-order valence-corrected chi connectivity index (χ3v) is 5.40. The largest absolute Gasteiger partial charge is 0.353 e. The van der Waals surface area contributed by atoms with Gasteiger partial charge in [-0.1, -0.05) is 12.1 Å². The van der Waals surface area contributed by atoms with Crippen molar-refractivity contribution >= 4 is 39.0 Å². The highest BCUT2D eigenvalue weighted by Crippen LogP contribution is 2.27. The molecule has 7 heteroatoms. The molecule has 3 aromatic rings. The van der Waals surface area contributed by atoms with E-state index in [4.69, 9.17) is 0 Å². The highest BCUT2D eigenvalue weighted by atomic mass is 32.1. The number of aryl methyl sites for hydroxylation is 1. The summed E-state index contributed by atoms with van der Waals surface area (Å²) in [5.74, 6) is 1.03. The molecule has 1 aliphatic rings. The summed E-state index contributed by atoms with van der Waals surface area (Å²) in [4.78, 5) is 26.6. The van der Waals surface area contributed by atoms with Gasteiger partial charge in [-0.05, 0) is 36.1 Å². The third-order valence-electron chi connectivity index (χ3n) is 4.58.